The number of amides is 3. The molecule has 0 saturated carbocycles. The van der Waals surface area contributed by atoms with Crippen molar-refractivity contribution >= 4 is 23.9 Å². The number of carbonyl (C=O) groups excluding carboxylic acids is 4. The van der Waals surface area contributed by atoms with E-state index in [1.807, 2.05) is 54.6 Å². The highest BCUT2D eigenvalue weighted by Crippen LogP contribution is 2.24. The molecule has 3 rings (SSSR count). The lowest BCUT2D eigenvalue weighted by molar-refractivity contribution is -0.141. The third kappa shape index (κ3) is 6.31. The van der Waals surface area contributed by atoms with Crippen LogP contribution < -0.4 is 11.1 Å². The summed E-state index contributed by atoms with van der Waals surface area (Å²) in [5, 5.41) is 2.58. The smallest absolute Gasteiger partial charge is 0.411 e. The van der Waals surface area contributed by atoms with Crippen LogP contribution in [-0.2, 0) is 43.4 Å². The van der Waals surface area contributed by atoms with Crippen LogP contribution in [0.5, 0.6) is 0 Å². The predicted octanol–water partition coefficient (Wildman–Crippen LogP) is 1.67. The van der Waals surface area contributed by atoms with E-state index in [1.165, 1.54) is 12.0 Å². The highest BCUT2D eigenvalue weighted by atomic mass is 16.6. The van der Waals surface area contributed by atoms with E-state index in [1.54, 1.807) is 0 Å². The van der Waals surface area contributed by atoms with Crippen LogP contribution in [-0.4, -0.2) is 48.0 Å². The lowest BCUT2D eigenvalue weighted by Crippen LogP contribution is -2.56. The number of benzene rings is 2. The van der Waals surface area contributed by atoms with Gasteiger partial charge < -0.3 is 20.5 Å². The number of carbonyl (C=O) groups is 4. The monoisotopic (exact) mass is 453 g/mol. The first kappa shape index (κ1) is 23.8. The van der Waals surface area contributed by atoms with E-state index in [0.717, 1.165) is 16.7 Å². The fourth-order valence-electron chi connectivity index (χ4n) is 3.67. The normalized spacial score (nSPS) is 15.7. The zero-order valence-electron chi connectivity index (χ0n) is 18.4. The number of hydrogen-bond donors (Lipinski definition) is 2. The van der Waals surface area contributed by atoms with Crippen molar-refractivity contribution in [2.45, 2.75) is 44.5 Å². The molecule has 9 heteroatoms. The minimum Gasteiger partial charge on any atom is -0.469 e. The van der Waals surface area contributed by atoms with E-state index in [-0.39, 0.29) is 32.4 Å². The molecule has 174 valence electrons. The standard InChI is InChI=1S/C24H27N3O6/c1-32-21(28)12-11-19(22(25)29)26-23(30)20-13-17-9-5-6-10-18(17)14-27(20)24(31)33-15-16-7-3-2-4-8-16/h2-10,19-20H,11-15H2,1H3,(H2,25,29)(H,26,30)/t19-,20-/m0/s1. The second kappa shape index (κ2) is 11.1. The second-order valence-electron chi connectivity index (χ2n) is 7.74. The van der Waals surface area contributed by atoms with Gasteiger partial charge in [-0.05, 0) is 23.1 Å². The van der Waals surface area contributed by atoms with Gasteiger partial charge in [-0.25, -0.2) is 4.79 Å². The second-order valence-corrected chi connectivity index (χ2v) is 7.74. The average Bonchev–Trinajstić information content (AvgIpc) is 2.84. The largest absolute Gasteiger partial charge is 0.469 e. The Balaban J connectivity index is 1.75. The summed E-state index contributed by atoms with van der Waals surface area (Å²) in [5.74, 6) is -1.84. The minimum atomic E-state index is -1.07. The molecule has 0 spiro atoms. The molecule has 2 aromatic carbocycles. The van der Waals surface area contributed by atoms with Crippen LogP contribution in [0.1, 0.15) is 29.5 Å². The van der Waals surface area contributed by atoms with Gasteiger partial charge in [-0.1, -0.05) is 54.6 Å². The van der Waals surface area contributed by atoms with Gasteiger partial charge in [0, 0.05) is 12.8 Å². The zero-order chi connectivity index (χ0) is 23.8. The molecule has 3 amide bonds. The number of primary amides is 1. The summed E-state index contributed by atoms with van der Waals surface area (Å²) in [5.41, 5.74) is 8.07. The maximum absolute atomic E-state index is 13.1. The average molecular weight is 453 g/mol. The number of hydrogen-bond acceptors (Lipinski definition) is 6. The lowest BCUT2D eigenvalue weighted by atomic mass is 9.93. The first-order chi connectivity index (χ1) is 15.9. The molecule has 2 atom stereocenters. The van der Waals surface area contributed by atoms with Crippen LogP contribution in [0.25, 0.3) is 0 Å². The van der Waals surface area contributed by atoms with Crippen molar-refractivity contribution < 1.29 is 28.7 Å². The number of esters is 1. The van der Waals surface area contributed by atoms with Gasteiger partial charge in [-0.15, -0.1) is 0 Å². The molecular weight excluding hydrogens is 426 g/mol. The quantitative estimate of drug-likeness (QED) is 0.585. The van der Waals surface area contributed by atoms with Gasteiger partial charge in [0.15, 0.2) is 0 Å². The molecule has 0 bridgehead atoms. The van der Waals surface area contributed by atoms with Gasteiger partial charge in [-0.2, -0.15) is 0 Å². The Morgan fingerprint density at radius 3 is 2.39 bits per heavy atom. The number of nitrogens with one attached hydrogen (secondary N) is 1. The van der Waals surface area contributed by atoms with Crippen molar-refractivity contribution in [2.75, 3.05) is 7.11 Å². The van der Waals surface area contributed by atoms with Crippen molar-refractivity contribution in [1.29, 1.82) is 0 Å². The lowest BCUT2D eigenvalue weighted by Gasteiger charge is -2.35. The number of methoxy groups -OCH3 is 1. The summed E-state index contributed by atoms with van der Waals surface area (Å²) in [7, 11) is 1.23. The van der Waals surface area contributed by atoms with Crippen molar-refractivity contribution in [3.05, 3.63) is 71.3 Å². The van der Waals surface area contributed by atoms with Crippen LogP contribution in [0, 0.1) is 0 Å². The van der Waals surface area contributed by atoms with E-state index in [0.29, 0.717) is 0 Å². The van der Waals surface area contributed by atoms with E-state index >= 15 is 0 Å². The van der Waals surface area contributed by atoms with E-state index in [2.05, 4.69) is 10.1 Å². The molecule has 2 aromatic rings. The molecule has 1 heterocycles. The van der Waals surface area contributed by atoms with Crippen molar-refractivity contribution in [2.24, 2.45) is 5.73 Å². The minimum absolute atomic E-state index is 0.00446. The highest BCUT2D eigenvalue weighted by Gasteiger charge is 2.37. The van der Waals surface area contributed by atoms with Crippen LogP contribution in [0.15, 0.2) is 54.6 Å². The summed E-state index contributed by atoms with van der Waals surface area (Å²) in [6.45, 7) is 0.250. The molecule has 0 aliphatic carbocycles. The van der Waals surface area contributed by atoms with E-state index in [4.69, 9.17) is 10.5 Å². The first-order valence-corrected chi connectivity index (χ1v) is 10.6. The fraction of sp³-hybridized carbons (Fsp3) is 0.333. The molecule has 9 nitrogen and oxygen atoms in total. The van der Waals surface area contributed by atoms with Crippen LogP contribution in [0.4, 0.5) is 4.79 Å². The van der Waals surface area contributed by atoms with Gasteiger partial charge in [0.2, 0.25) is 11.8 Å². The maximum atomic E-state index is 13.1. The van der Waals surface area contributed by atoms with Gasteiger partial charge in [0.1, 0.15) is 18.7 Å². The molecule has 33 heavy (non-hydrogen) atoms. The Morgan fingerprint density at radius 2 is 1.73 bits per heavy atom. The summed E-state index contributed by atoms with van der Waals surface area (Å²) >= 11 is 0. The Hall–Kier alpha value is -3.88. The Kier molecular flexibility index (Phi) is 8.01. The molecule has 0 saturated heterocycles. The van der Waals surface area contributed by atoms with Crippen molar-refractivity contribution in [1.82, 2.24) is 10.2 Å². The predicted molar refractivity (Wildman–Crippen MR) is 118 cm³/mol. The fourth-order valence-corrected chi connectivity index (χ4v) is 3.67. The van der Waals surface area contributed by atoms with Crippen LogP contribution in [0.2, 0.25) is 0 Å². The van der Waals surface area contributed by atoms with E-state index < -0.39 is 36.0 Å². The molecule has 0 aromatic heterocycles. The van der Waals surface area contributed by atoms with Crippen molar-refractivity contribution in [3.63, 3.8) is 0 Å². The molecule has 1 aliphatic heterocycles. The Morgan fingerprint density at radius 1 is 1.06 bits per heavy atom. The summed E-state index contributed by atoms with van der Waals surface area (Å²) in [6, 6.07) is 14.8. The molecule has 3 N–H and O–H groups in total. The number of nitrogens with two attached hydrogens (primary N) is 1. The van der Waals surface area contributed by atoms with Gasteiger partial charge in [0.25, 0.3) is 0 Å². The van der Waals surface area contributed by atoms with Crippen LogP contribution in [0.3, 0.4) is 0 Å². The van der Waals surface area contributed by atoms with Crippen molar-refractivity contribution in [3.8, 4) is 0 Å². The van der Waals surface area contributed by atoms with Gasteiger partial charge in [-0.3, -0.25) is 19.3 Å². The number of nitrogens with zero attached hydrogens (tertiary/aromatic N) is 1. The number of rotatable bonds is 8. The summed E-state index contributed by atoms with van der Waals surface area (Å²) < 4.78 is 10.0. The van der Waals surface area contributed by atoms with Gasteiger partial charge in [0.05, 0.1) is 13.7 Å². The molecule has 1 aliphatic rings. The Bertz CT molecular complexity index is 1010. The molecule has 0 fully saturated rings. The molecular formula is C24H27N3O6. The number of ether oxygens (including phenoxy) is 2. The highest BCUT2D eigenvalue weighted by molar-refractivity contribution is 5.91. The van der Waals surface area contributed by atoms with E-state index in [9.17, 15) is 19.2 Å². The summed E-state index contributed by atoms with van der Waals surface area (Å²) in [4.78, 5) is 50.7. The number of fused-ring (bicyclic) bond motifs is 1. The third-order valence-electron chi connectivity index (χ3n) is 5.52. The summed E-state index contributed by atoms with van der Waals surface area (Å²) in [6.07, 6.45) is -0.472. The van der Waals surface area contributed by atoms with Gasteiger partial charge >= 0.3 is 12.1 Å². The third-order valence-corrected chi connectivity index (χ3v) is 5.52. The zero-order valence-corrected chi connectivity index (χ0v) is 18.4. The SMILES string of the molecule is COC(=O)CC[C@H](NC(=O)[C@@H]1Cc2ccccc2CN1C(=O)OCc1ccccc1)C(N)=O. The Labute approximate surface area is 191 Å². The molecule has 0 unspecified atom stereocenters. The molecule has 0 radical (unpaired) electrons. The first-order valence-electron chi connectivity index (χ1n) is 10.6. The topological polar surface area (TPSA) is 128 Å². The van der Waals surface area contributed by atoms with Crippen LogP contribution >= 0.6 is 0 Å². The maximum Gasteiger partial charge on any atom is 0.411 e.